The Morgan fingerprint density at radius 2 is 1.79 bits per heavy atom. The van der Waals surface area contributed by atoms with Gasteiger partial charge >= 0.3 is 0 Å². The molecule has 0 radical (unpaired) electrons. The third-order valence-electron chi connectivity index (χ3n) is 5.99. The predicted octanol–water partition coefficient (Wildman–Crippen LogP) is 4.03. The van der Waals surface area contributed by atoms with E-state index in [4.69, 9.17) is 9.47 Å². The molecule has 1 spiro atoms. The quantitative estimate of drug-likeness (QED) is 0.753. The Hall–Kier alpha value is -1.75. The van der Waals surface area contributed by atoms with Crippen molar-refractivity contribution in [2.45, 2.75) is 24.9 Å². The van der Waals surface area contributed by atoms with E-state index in [2.05, 4.69) is 58.3 Å². The number of hydrogen-bond acceptors (Lipinski definition) is 4. The number of anilines is 1. The van der Waals surface area contributed by atoms with Crippen LogP contribution in [0.25, 0.3) is 0 Å². The molecule has 4 rings (SSSR count). The molecule has 0 aromatic heterocycles. The Labute approximate surface area is 174 Å². The van der Waals surface area contributed by atoms with Gasteiger partial charge in [0, 0.05) is 44.5 Å². The van der Waals surface area contributed by atoms with E-state index >= 15 is 0 Å². The molecule has 2 heterocycles. The van der Waals surface area contributed by atoms with E-state index in [1.54, 1.807) is 7.11 Å². The minimum absolute atomic E-state index is 0. The Bertz CT molecular complexity index is 732. The Balaban J connectivity index is 0.00000225. The fraction of sp³-hybridized carbons (Fsp3) is 0.478. The summed E-state index contributed by atoms with van der Waals surface area (Å²) < 4.78 is 11.7. The first-order valence-corrected chi connectivity index (χ1v) is 10.1. The van der Waals surface area contributed by atoms with Gasteiger partial charge in [-0.15, -0.1) is 12.4 Å². The van der Waals surface area contributed by atoms with Gasteiger partial charge in [-0.05, 0) is 37.0 Å². The van der Waals surface area contributed by atoms with Gasteiger partial charge in [-0.25, -0.2) is 0 Å². The van der Waals surface area contributed by atoms with Gasteiger partial charge in [0.2, 0.25) is 0 Å². The fourth-order valence-electron chi connectivity index (χ4n) is 4.29. The summed E-state index contributed by atoms with van der Waals surface area (Å²) in [5.74, 6) is 0.920. The second-order valence-corrected chi connectivity index (χ2v) is 7.73. The van der Waals surface area contributed by atoms with Crippen molar-refractivity contribution in [1.82, 2.24) is 4.90 Å². The molecule has 2 aromatic carbocycles. The molecule has 28 heavy (non-hydrogen) atoms. The van der Waals surface area contributed by atoms with Crippen molar-refractivity contribution >= 4 is 18.1 Å². The highest BCUT2D eigenvalue weighted by Gasteiger charge is 2.39. The van der Waals surface area contributed by atoms with E-state index in [1.165, 1.54) is 11.3 Å². The van der Waals surface area contributed by atoms with Crippen molar-refractivity contribution < 1.29 is 9.47 Å². The smallest absolute Gasteiger partial charge is 0.120 e. The molecule has 5 heteroatoms. The number of piperidine rings is 1. The molecular formula is C23H31ClN2O2. The lowest BCUT2D eigenvalue weighted by atomic mass is 9.89. The number of morpholine rings is 1. The van der Waals surface area contributed by atoms with E-state index in [0.29, 0.717) is 0 Å². The molecule has 4 nitrogen and oxygen atoms in total. The molecule has 0 aliphatic carbocycles. The number of halogens is 1. The maximum absolute atomic E-state index is 6.33. The van der Waals surface area contributed by atoms with Crippen LogP contribution in [0.4, 0.5) is 5.69 Å². The molecule has 0 unspecified atom stereocenters. The first-order chi connectivity index (χ1) is 13.3. The van der Waals surface area contributed by atoms with Gasteiger partial charge in [0.1, 0.15) is 5.75 Å². The monoisotopic (exact) mass is 402 g/mol. The van der Waals surface area contributed by atoms with Crippen LogP contribution < -0.4 is 9.64 Å². The highest BCUT2D eigenvalue weighted by molar-refractivity contribution is 5.85. The van der Waals surface area contributed by atoms with Crippen molar-refractivity contribution in [1.29, 1.82) is 0 Å². The van der Waals surface area contributed by atoms with Crippen molar-refractivity contribution in [2.75, 3.05) is 51.3 Å². The molecule has 2 aliphatic heterocycles. The van der Waals surface area contributed by atoms with Crippen molar-refractivity contribution in [2.24, 2.45) is 0 Å². The molecular weight excluding hydrogens is 372 g/mol. The predicted molar refractivity (Wildman–Crippen MR) is 117 cm³/mol. The summed E-state index contributed by atoms with van der Waals surface area (Å²) in [5, 5.41) is 0. The summed E-state index contributed by atoms with van der Waals surface area (Å²) in [5.41, 5.74) is 2.67. The van der Waals surface area contributed by atoms with Crippen LogP contribution in [0.5, 0.6) is 5.75 Å². The molecule has 2 fully saturated rings. The summed E-state index contributed by atoms with van der Waals surface area (Å²) in [6.07, 6.45) is 3.36. The standard InChI is InChI=1S/C23H30N2O2.ClH/c1-26-22-9-5-8-21(18-22)25-16-17-27-23(19-25)11-14-24(15-12-23)13-10-20-6-3-2-4-7-20;/h2-9,18H,10-17,19H2,1H3;1H. The van der Waals surface area contributed by atoms with Crippen molar-refractivity contribution in [3.63, 3.8) is 0 Å². The number of nitrogens with zero attached hydrogens (tertiary/aromatic N) is 2. The number of methoxy groups -OCH3 is 1. The van der Waals surface area contributed by atoms with Crippen molar-refractivity contribution in [3.8, 4) is 5.75 Å². The number of likely N-dealkylation sites (tertiary alicyclic amines) is 1. The number of benzene rings is 2. The maximum atomic E-state index is 6.33. The zero-order chi connectivity index (χ0) is 18.5. The lowest BCUT2D eigenvalue weighted by molar-refractivity contribution is -0.0909. The molecule has 2 saturated heterocycles. The third kappa shape index (κ3) is 4.99. The van der Waals surface area contributed by atoms with Gasteiger partial charge in [0.25, 0.3) is 0 Å². The lowest BCUT2D eigenvalue weighted by Gasteiger charge is -2.48. The van der Waals surface area contributed by atoms with Crippen LogP contribution in [0.3, 0.4) is 0 Å². The molecule has 0 atom stereocenters. The molecule has 0 bridgehead atoms. The minimum Gasteiger partial charge on any atom is -0.497 e. The van der Waals surface area contributed by atoms with Crippen LogP contribution in [0.1, 0.15) is 18.4 Å². The van der Waals surface area contributed by atoms with E-state index < -0.39 is 0 Å². The van der Waals surface area contributed by atoms with Crippen LogP contribution in [-0.2, 0) is 11.2 Å². The average Bonchev–Trinajstić information content (AvgIpc) is 2.74. The summed E-state index contributed by atoms with van der Waals surface area (Å²) in [7, 11) is 1.73. The van der Waals surface area contributed by atoms with Gasteiger partial charge in [0.15, 0.2) is 0 Å². The van der Waals surface area contributed by atoms with Crippen LogP contribution in [-0.4, -0.2) is 56.9 Å². The molecule has 0 saturated carbocycles. The Kier molecular flexibility index (Phi) is 7.22. The highest BCUT2D eigenvalue weighted by atomic mass is 35.5. The van der Waals surface area contributed by atoms with E-state index in [0.717, 1.165) is 64.3 Å². The molecule has 2 aliphatic rings. The number of rotatable bonds is 5. The number of ether oxygens (including phenoxy) is 2. The average molecular weight is 403 g/mol. The summed E-state index contributed by atoms with van der Waals surface area (Å²) >= 11 is 0. The molecule has 0 N–H and O–H groups in total. The largest absolute Gasteiger partial charge is 0.497 e. The second kappa shape index (κ2) is 9.64. The molecule has 2 aromatic rings. The summed E-state index contributed by atoms with van der Waals surface area (Å²) in [6.45, 7) is 6.12. The van der Waals surface area contributed by atoms with Gasteiger partial charge in [0.05, 0.1) is 19.3 Å². The zero-order valence-electron chi connectivity index (χ0n) is 16.7. The van der Waals surface area contributed by atoms with Crippen LogP contribution in [0.15, 0.2) is 54.6 Å². The van der Waals surface area contributed by atoms with Crippen LogP contribution in [0.2, 0.25) is 0 Å². The van der Waals surface area contributed by atoms with Gasteiger partial charge < -0.3 is 19.3 Å². The van der Waals surface area contributed by atoms with E-state index in [1.807, 2.05) is 6.07 Å². The van der Waals surface area contributed by atoms with Gasteiger partial charge in [-0.1, -0.05) is 36.4 Å². The molecule has 152 valence electrons. The van der Waals surface area contributed by atoms with Crippen LogP contribution >= 0.6 is 12.4 Å². The third-order valence-corrected chi connectivity index (χ3v) is 5.99. The van der Waals surface area contributed by atoms with Crippen molar-refractivity contribution in [3.05, 3.63) is 60.2 Å². The first kappa shape index (κ1) is 21.0. The SMILES string of the molecule is COc1cccc(N2CCOC3(CCN(CCc4ccccc4)CC3)C2)c1.Cl. The van der Waals surface area contributed by atoms with Crippen LogP contribution in [0, 0.1) is 0 Å². The Morgan fingerprint density at radius 3 is 2.54 bits per heavy atom. The summed E-state index contributed by atoms with van der Waals surface area (Å²) in [6, 6.07) is 19.2. The van der Waals surface area contributed by atoms with Gasteiger partial charge in [-0.2, -0.15) is 0 Å². The minimum atomic E-state index is 0. The molecule has 0 amide bonds. The number of hydrogen-bond donors (Lipinski definition) is 0. The zero-order valence-corrected chi connectivity index (χ0v) is 17.5. The highest BCUT2D eigenvalue weighted by Crippen LogP contribution is 2.33. The maximum Gasteiger partial charge on any atom is 0.120 e. The lowest BCUT2D eigenvalue weighted by Crippen LogP contribution is -2.57. The topological polar surface area (TPSA) is 24.9 Å². The van der Waals surface area contributed by atoms with Gasteiger partial charge in [-0.3, -0.25) is 0 Å². The Morgan fingerprint density at radius 1 is 1.00 bits per heavy atom. The fourth-order valence-corrected chi connectivity index (χ4v) is 4.29. The normalized spacial score (nSPS) is 19.2. The van der Waals surface area contributed by atoms with E-state index in [-0.39, 0.29) is 18.0 Å². The second-order valence-electron chi connectivity index (χ2n) is 7.73. The van der Waals surface area contributed by atoms with E-state index in [9.17, 15) is 0 Å². The first-order valence-electron chi connectivity index (χ1n) is 10.1. The summed E-state index contributed by atoms with van der Waals surface area (Å²) in [4.78, 5) is 5.05.